The highest BCUT2D eigenvalue weighted by atomic mass is 28.3. The first kappa shape index (κ1) is 12.7. The first-order valence-electron chi connectivity index (χ1n) is 4.89. The van der Waals surface area contributed by atoms with Crippen molar-refractivity contribution in [3.63, 3.8) is 0 Å². The molecule has 0 atom stereocenters. The Balaban J connectivity index is 5.43. The van der Waals surface area contributed by atoms with E-state index in [-0.39, 0.29) is 10.5 Å². The fourth-order valence-corrected chi connectivity index (χ4v) is 5.91. The van der Waals surface area contributed by atoms with Crippen molar-refractivity contribution in [3.8, 4) is 0 Å². The Morgan fingerprint density at radius 3 is 1.23 bits per heavy atom. The third-order valence-electron chi connectivity index (χ3n) is 3.13. The van der Waals surface area contributed by atoms with E-state index in [0.29, 0.717) is 0 Å². The van der Waals surface area contributed by atoms with Crippen molar-refractivity contribution in [2.45, 2.75) is 45.5 Å². The van der Waals surface area contributed by atoms with Gasteiger partial charge < -0.3 is 0 Å². The Morgan fingerprint density at radius 2 is 1.23 bits per heavy atom. The van der Waals surface area contributed by atoms with Crippen LogP contribution in [-0.4, -0.2) is 8.07 Å². The standard InChI is InChI=1S/C12H24Si/c1-9-12(10-2,11(3,4)5)13(6,7)8/h9-10H,1-2H2,3-8H3. The molecular weight excluding hydrogens is 172 g/mol. The van der Waals surface area contributed by atoms with Crippen molar-refractivity contribution in [2.75, 3.05) is 0 Å². The predicted molar refractivity (Wildman–Crippen MR) is 65.9 cm³/mol. The molecular formula is C12H24Si. The Bertz CT molecular complexity index is 176. The van der Waals surface area contributed by atoms with E-state index >= 15 is 0 Å². The summed E-state index contributed by atoms with van der Waals surface area (Å²) in [5.74, 6) is 0. The van der Waals surface area contributed by atoms with Crippen molar-refractivity contribution >= 4 is 8.07 Å². The van der Waals surface area contributed by atoms with Gasteiger partial charge in [-0.2, -0.15) is 0 Å². The molecule has 0 radical (unpaired) electrons. The summed E-state index contributed by atoms with van der Waals surface area (Å²) >= 11 is 0. The van der Waals surface area contributed by atoms with Gasteiger partial charge in [0, 0.05) is 5.04 Å². The molecule has 0 saturated heterocycles. The zero-order valence-corrected chi connectivity index (χ0v) is 11.1. The molecule has 0 aliphatic carbocycles. The van der Waals surface area contributed by atoms with E-state index in [4.69, 9.17) is 0 Å². The molecule has 13 heavy (non-hydrogen) atoms. The summed E-state index contributed by atoms with van der Waals surface area (Å²) < 4.78 is 0. The van der Waals surface area contributed by atoms with Gasteiger partial charge in [-0.1, -0.05) is 52.6 Å². The number of allylic oxidation sites excluding steroid dienone is 2. The lowest BCUT2D eigenvalue weighted by atomic mass is 9.79. The Labute approximate surface area is 84.8 Å². The third kappa shape index (κ3) is 1.96. The van der Waals surface area contributed by atoms with E-state index in [1.54, 1.807) is 0 Å². The summed E-state index contributed by atoms with van der Waals surface area (Å²) in [4.78, 5) is 0. The molecule has 1 heteroatoms. The van der Waals surface area contributed by atoms with Crippen molar-refractivity contribution < 1.29 is 0 Å². The number of hydrogen-bond acceptors (Lipinski definition) is 0. The van der Waals surface area contributed by atoms with E-state index in [2.05, 4.69) is 65.7 Å². The molecule has 0 aromatic heterocycles. The van der Waals surface area contributed by atoms with E-state index in [1.165, 1.54) is 0 Å². The molecule has 76 valence electrons. The minimum absolute atomic E-state index is 0.125. The second-order valence-corrected chi connectivity index (χ2v) is 11.1. The predicted octanol–water partition coefficient (Wildman–Crippen LogP) is 4.48. The molecule has 0 fully saturated rings. The molecule has 0 aliphatic rings. The minimum atomic E-state index is -1.31. The van der Waals surface area contributed by atoms with Gasteiger partial charge in [-0.25, -0.2) is 0 Å². The second-order valence-electron chi connectivity index (χ2n) is 5.78. The van der Waals surface area contributed by atoms with Gasteiger partial charge in [0.1, 0.15) is 0 Å². The van der Waals surface area contributed by atoms with Crippen LogP contribution in [0.4, 0.5) is 0 Å². The summed E-state index contributed by atoms with van der Waals surface area (Å²) in [6, 6.07) is 0. The van der Waals surface area contributed by atoms with Crippen LogP contribution in [0.25, 0.3) is 0 Å². The maximum Gasteiger partial charge on any atom is 0.0603 e. The maximum absolute atomic E-state index is 4.00. The fourth-order valence-electron chi connectivity index (χ4n) is 2.43. The summed E-state index contributed by atoms with van der Waals surface area (Å²) in [5.41, 5.74) is 0.223. The lowest BCUT2D eigenvalue weighted by molar-refractivity contribution is 0.348. The van der Waals surface area contributed by atoms with Crippen molar-refractivity contribution in [1.29, 1.82) is 0 Å². The van der Waals surface area contributed by atoms with Crippen LogP contribution < -0.4 is 0 Å². The number of hydrogen-bond donors (Lipinski definition) is 0. The quantitative estimate of drug-likeness (QED) is 0.461. The zero-order chi connectivity index (χ0) is 10.9. The summed E-state index contributed by atoms with van der Waals surface area (Å²) in [7, 11) is -1.31. The Morgan fingerprint density at radius 1 is 0.923 bits per heavy atom. The van der Waals surface area contributed by atoms with Gasteiger partial charge in [0.25, 0.3) is 0 Å². The second kappa shape index (κ2) is 3.45. The largest absolute Gasteiger partial charge is 0.102 e. The van der Waals surface area contributed by atoms with Crippen LogP contribution in [0.15, 0.2) is 25.3 Å². The Hall–Kier alpha value is -0.303. The molecule has 0 aromatic carbocycles. The molecule has 0 nitrogen and oxygen atoms in total. The van der Waals surface area contributed by atoms with Crippen molar-refractivity contribution in [2.24, 2.45) is 5.41 Å². The van der Waals surface area contributed by atoms with Gasteiger partial charge in [-0.05, 0) is 5.41 Å². The molecule has 0 amide bonds. The highest BCUT2D eigenvalue weighted by Gasteiger charge is 2.46. The fraction of sp³-hybridized carbons (Fsp3) is 0.667. The van der Waals surface area contributed by atoms with Gasteiger partial charge in [-0.3, -0.25) is 0 Å². The van der Waals surface area contributed by atoms with Crippen LogP contribution in [0, 0.1) is 5.41 Å². The SMILES string of the molecule is C=CC(C=C)(C(C)(C)C)[Si](C)(C)C. The summed E-state index contributed by atoms with van der Waals surface area (Å²) in [5, 5.41) is 0.125. The molecule has 0 aliphatic heterocycles. The molecule has 0 heterocycles. The molecule has 0 rings (SSSR count). The third-order valence-corrected chi connectivity index (χ3v) is 6.77. The Kier molecular flexibility index (Phi) is 3.37. The summed E-state index contributed by atoms with van der Waals surface area (Å²) in [6.07, 6.45) is 4.21. The normalized spacial score (nSPS) is 14.0. The van der Waals surface area contributed by atoms with E-state index < -0.39 is 8.07 Å². The first-order chi connectivity index (χ1) is 5.62. The van der Waals surface area contributed by atoms with Gasteiger partial charge in [0.05, 0.1) is 8.07 Å². The van der Waals surface area contributed by atoms with Crippen molar-refractivity contribution in [3.05, 3.63) is 25.3 Å². The van der Waals surface area contributed by atoms with E-state index in [1.807, 2.05) is 0 Å². The van der Waals surface area contributed by atoms with Crippen LogP contribution in [0.3, 0.4) is 0 Å². The smallest absolute Gasteiger partial charge is 0.0603 e. The average molecular weight is 196 g/mol. The molecule has 0 bridgehead atoms. The molecule has 0 N–H and O–H groups in total. The lowest BCUT2D eigenvalue weighted by Gasteiger charge is -2.49. The van der Waals surface area contributed by atoms with E-state index in [9.17, 15) is 0 Å². The van der Waals surface area contributed by atoms with Crippen LogP contribution >= 0.6 is 0 Å². The van der Waals surface area contributed by atoms with Crippen LogP contribution in [0.5, 0.6) is 0 Å². The van der Waals surface area contributed by atoms with Gasteiger partial charge in [-0.15, -0.1) is 13.2 Å². The van der Waals surface area contributed by atoms with Crippen LogP contribution in [-0.2, 0) is 0 Å². The first-order valence-corrected chi connectivity index (χ1v) is 8.39. The number of rotatable bonds is 3. The lowest BCUT2D eigenvalue weighted by Crippen LogP contribution is -2.45. The highest BCUT2D eigenvalue weighted by Crippen LogP contribution is 2.54. The summed E-state index contributed by atoms with van der Waals surface area (Å²) in [6.45, 7) is 21.9. The maximum atomic E-state index is 4.00. The molecule has 0 spiro atoms. The highest BCUT2D eigenvalue weighted by molar-refractivity contribution is 6.80. The van der Waals surface area contributed by atoms with Gasteiger partial charge in [0.15, 0.2) is 0 Å². The zero-order valence-electron chi connectivity index (χ0n) is 10.1. The molecule has 0 saturated carbocycles. The minimum Gasteiger partial charge on any atom is -0.102 e. The topological polar surface area (TPSA) is 0 Å². The van der Waals surface area contributed by atoms with E-state index in [0.717, 1.165) is 0 Å². The molecule has 0 unspecified atom stereocenters. The van der Waals surface area contributed by atoms with Crippen molar-refractivity contribution in [1.82, 2.24) is 0 Å². The van der Waals surface area contributed by atoms with Crippen LogP contribution in [0.2, 0.25) is 24.7 Å². The molecule has 0 aromatic rings. The van der Waals surface area contributed by atoms with Gasteiger partial charge >= 0.3 is 0 Å². The monoisotopic (exact) mass is 196 g/mol. The average Bonchev–Trinajstić information content (AvgIpc) is 1.84. The van der Waals surface area contributed by atoms with Crippen LogP contribution in [0.1, 0.15) is 20.8 Å². The van der Waals surface area contributed by atoms with Gasteiger partial charge in [0.2, 0.25) is 0 Å².